The third-order valence-corrected chi connectivity index (χ3v) is 7.19. The average molecular weight is 452 g/mol. The molecule has 2 aliphatic heterocycles. The van der Waals surface area contributed by atoms with Crippen molar-refractivity contribution in [2.24, 2.45) is 0 Å². The van der Waals surface area contributed by atoms with Gasteiger partial charge in [-0.05, 0) is 55.8 Å². The molecule has 31 heavy (non-hydrogen) atoms. The van der Waals surface area contributed by atoms with Gasteiger partial charge in [-0.1, -0.05) is 55.3 Å². The van der Waals surface area contributed by atoms with Crippen molar-refractivity contribution in [1.82, 2.24) is 0 Å². The number of hydrogen-bond donors (Lipinski definition) is 0. The zero-order valence-electron chi connectivity index (χ0n) is 19.0. The van der Waals surface area contributed by atoms with Crippen LogP contribution in [0.1, 0.15) is 38.8 Å². The number of likely N-dealkylation sites (N-methyl/N-ethyl adjacent to an activating group) is 1. The SMILES string of the molecule is CN1\C(=C/C=C/C=C/C2=[N+](C)c3ccc(Cl)cc3C2(C)C)C(C)(C)c2cc(Cl)ccc21. The van der Waals surface area contributed by atoms with E-state index in [1.165, 1.54) is 33.9 Å². The van der Waals surface area contributed by atoms with Crippen molar-refractivity contribution in [3.63, 3.8) is 0 Å². The highest BCUT2D eigenvalue weighted by molar-refractivity contribution is 6.31. The van der Waals surface area contributed by atoms with E-state index in [0.717, 1.165) is 10.0 Å². The minimum atomic E-state index is -0.0909. The standard InChI is InChI=1S/C27H29Cl2N2/c1-26(2)20-16-18(28)12-14-22(20)30(5)24(26)10-8-7-9-11-25-27(3,4)21-17-19(29)13-15-23(21)31(25)6/h7-17H,1-6H3/q+1. The van der Waals surface area contributed by atoms with Gasteiger partial charge in [0.05, 0.1) is 5.41 Å². The molecule has 2 aromatic rings. The summed E-state index contributed by atoms with van der Waals surface area (Å²) in [5.41, 5.74) is 7.28. The molecule has 2 nitrogen and oxygen atoms in total. The summed E-state index contributed by atoms with van der Waals surface area (Å²) in [6.07, 6.45) is 10.7. The molecule has 0 atom stereocenters. The largest absolute Gasteiger partial charge is 0.347 e. The van der Waals surface area contributed by atoms with Crippen LogP contribution in [0.15, 0.2) is 72.5 Å². The molecule has 0 saturated heterocycles. The van der Waals surface area contributed by atoms with E-state index in [1.807, 2.05) is 12.1 Å². The normalized spacial score (nSPS) is 20.4. The number of nitrogens with zero attached hydrogens (tertiary/aromatic N) is 2. The van der Waals surface area contributed by atoms with E-state index in [4.69, 9.17) is 23.2 Å². The molecule has 2 aliphatic rings. The number of anilines is 1. The van der Waals surface area contributed by atoms with Gasteiger partial charge in [0.15, 0.2) is 5.71 Å². The van der Waals surface area contributed by atoms with Gasteiger partial charge in [-0.3, -0.25) is 0 Å². The van der Waals surface area contributed by atoms with Crippen molar-refractivity contribution in [3.05, 3.63) is 93.6 Å². The van der Waals surface area contributed by atoms with Gasteiger partial charge < -0.3 is 4.90 Å². The molecule has 0 aliphatic carbocycles. The molecule has 0 fully saturated rings. The van der Waals surface area contributed by atoms with E-state index in [0.29, 0.717) is 0 Å². The van der Waals surface area contributed by atoms with Crippen LogP contribution in [0, 0.1) is 0 Å². The van der Waals surface area contributed by atoms with Crippen molar-refractivity contribution in [3.8, 4) is 0 Å². The molecule has 0 unspecified atom stereocenters. The smallest absolute Gasteiger partial charge is 0.209 e. The summed E-state index contributed by atoms with van der Waals surface area (Å²) in [5, 5.41) is 1.56. The van der Waals surface area contributed by atoms with Crippen LogP contribution < -0.4 is 4.90 Å². The van der Waals surface area contributed by atoms with Gasteiger partial charge in [-0.15, -0.1) is 0 Å². The maximum absolute atomic E-state index is 6.26. The van der Waals surface area contributed by atoms with Gasteiger partial charge in [0.25, 0.3) is 0 Å². The highest BCUT2D eigenvalue weighted by Crippen LogP contribution is 2.47. The molecule has 0 N–H and O–H groups in total. The molecule has 0 spiro atoms. The van der Waals surface area contributed by atoms with Crippen LogP contribution in [-0.2, 0) is 10.8 Å². The third kappa shape index (κ3) is 3.56. The first-order valence-electron chi connectivity index (χ1n) is 10.6. The predicted molar refractivity (Wildman–Crippen MR) is 135 cm³/mol. The number of allylic oxidation sites excluding steroid dienone is 6. The quantitative estimate of drug-likeness (QED) is 0.347. The molecule has 2 aromatic carbocycles. The molecular weight excluding hydrogens is 423 g/mol. The molecule has 0 bridgehead atoms. The van der Waals surface area contributed by atoms with Crippen molar-refractivity contribution in [1.29, 1.82) is 0 Å². The first-order chi connectivity index (χ1) is 14.5. The third-order valence-electron chi connectivity index (χ3n) is 6.72. The Labute approximate surface area is 195 Å². The second kappa shape index (κ2) is 7.69. The zero-order chi connectivity index (χ0) is 22.6. The average Bonchev–Trinajstić information content (AvgIpc) is 3.00. The Morgan fingerprint density at radius 1 is 0.839 bits per heavy atom. The van der Waals surface area contributed by atoms with Gasteiger partial charge in [-0.25, -0.2) is 0 Å². The Balaban J connectivity index is 1.57. The molecule has 160 valence electrons. The maximum Gasteiger partial charge on any atom is 0.209 e. The fourth-order valence-corrected chi connectivity index (χ4v) is 5.32. The first kappa shape index (κ1) is 21.9. The Morgan fingerprint density at radius 2 is 1.48 bits per heavy atom. The molecule has 0 aromatic heterocycles. The molecular formula is C27H29Cl2N2+. The van der Waals surface area contributed by atoms with E-state index in [1.54, 1.807) is 0 Å². The number of halogens is 2. The lowest BCUT2D eigenvalue weighted by molar-refractivity contribution is -0.401. The lowest BCUT2D eigenvalue weighted by Crippen LogP contribution is -2.26. The Morgan fingerprint density at radius 3 is 2.19 bits per heavy atom. The summed E-state index contributed by atoms with van der Waals surface area (Å²) in [6.45, 7) is 8.98. The highest BCUT2D eigenvalue weighted by atomic mass is 35.5. The van der Waals surface area contributed by atoms with E-state index < -0.39 is 0 Å². The van der Waals surface area contributed by atoms with Crippen LogP contribution >= 0.6 is 23.2 Å². The number of fused-ring (bicyclic) bond motifs is 2. The van der Waals surface area contributed by atoms with Crippen LogP contribution in [0.25, 0.3) is 0 Å². The molecule has 4 heteroatoms. The predicted octanol–water partition coefficient (Wildman–Crippen LogP) is 7.42. The second-order valence-corrected chi connectivity index (χ2v) is 10.2. The molecule has 0 saturated carbocycles. The summed E-state index contributed by atoms with van der Waals surface area (Å²) in [6, 6.07) is 12.3. The van der Waals surface area contributed by atoms with Crippen molar-refractivity contribution < 1.29 is 4.58 Å². The van der Waals surface area contributed by atoms with E-state index in [-0.39, 0.29) is 10.8 Å². The van der Waals surface area contributed by atoms with Crippen LogP contribution in [0.3, 0.4) is 0 Å². The second-order valence-electron chi connectivity index (χ2n) is 9.37. The summed E-state index contributed by atoms with van der Waals surface area (Å²) >= 11 is 12.5. The number of rotatable bonds is 3. The van der Waals surface area contributed by atoms with Gasteiger partial charge in [0.2, 0.25) is 5.69 Å². The van der Waals surface area contributed by atoms with Crippen molar-refractivity contribution >= 4 is 40.3 Å². The lowest BCUT2D eigenvalue weighted by atomic mass is 9.81. The number of benzene rings is 2. The zero-order valence-corrected chi connectivity index (χ0v) is 20.5. The number of hydrogen-bond acceptors (Lipinski definition) is 1. The topological polar surface area (TPSA) is 6.25 Å². The summed E-state index contributed by atoms with van der Waals surface area (Å²) in [5.74, 6) is 0. The molecule has 0 amide bonds. The maximum atomic E-state index is 6.26. The lowest BCUT2D eigenvalue weighted by Gasteiger charge is -2.23. The van der Waals surface area contributed by atoms with Gasteiger partial charge in [0, 0.05) is 51.6 Å². The first-order valence-corrected chi connectivity index (χ1v) is 11.3. The van der Waals surface area contributed by atoms with E-state index in [2.05, 4.69) is 106 Å². The Hall–Kier alpha value is -2.29. The van der Waals surface area contributed by atoms with Crippen LogP contribution in [0.2, 0.25) is 10.0 Å². The minimum absolute atomic E-state index is 0.0909. The van der Waals surface area contributed by atoms with Gasteiger partial charge in [0.1, 0.15) is 7.05 Å². The van der Waals surface area contributed by atoms with Crippen LogP contribution in [0.4, 0.5) is 11.4 Å². The molecule has 4 rings (SSSR count). The van der Waals surface area contributed by atoms with E-state index >= 15 is 0 Å². The van der Waals surface area contributed by atoms with Crippen LogP contribution in [-0.4, -0.2) is 24.4 Å². The van der Waals surface area contributed by atoms with E-state index in [9.17, 15) is 0 Å². The van der Waals surface area contributed by atoms with Gasteiger partial charge in [-0.2, -0.15) is 4.58 Å². The molecule has 0 radical (unpaired) electrons. The fourth-order valence-electron chi connectivity index (χ4n) is 4.97. The summed E-state index contributed by atoms with van der Waals surface area (Å²) in [4.78, 5) is 2.25. The molecule has 2 heterocycles. The monoisotopic (exact) mass is 451 g/mol. The highest BCUT2D eigenvalue weighted by Gasteiger charge is 2.43. The van der Waals surface area contributed by atoms with Crippen molar-refractivity contribution in [2.75, 3.05) is 19.0 Å². The Kier molecular flexibility index (Phi) is 5.44. The van der Waals surface area contributed by atoms with Crippen LogP contribution in [0.5, 0.6) is 0 Å². The van der Waals surface area contributed by atoms with Crippen molar-refractivity contribution in [2.45, 2.75) is 38.5 Å². The summed E-state index contributed by atoms with van der Waals surface area (Å²) in [7, 11) is 4.23. The Bertz CT molecular complexity index is 1180. The summed E-state index contributed by atoms with van der Waals surface area (Å²) < 4.78 is 2.25. The fraction of sp³-hybridized carbons (Fsp3) is 0.296. The minimum Gasteiger partial charge on any atom is -0.347 e. The van der Waals surface area contributed by atoms with Gasteiger partial charge >= 0.3 is 0 Å².